The summed E-state index contributed by atoms with van der Waals surface area (Å²) in [5.74, 6) is 5.60. The van der Waals surface area contributed by atoms with Crippen LogP contribution in [0.15, 0.2) is 18.2 Å². The summed E-state index contributed by atoms with van der Waals surface area (Å²) < 4.78 is 5.65. The first kappa shape index (κ1) is 14.7. The lowest BCUT2D eigenvalue weighted by molar-refractivity contribution is 0.0314. The summed E-state index contributed by atoms with van der Waals surface area (Å²) >= 11 is 12.2. The van der Waals surface area contributed by atoms with Crippen LogP contribution in [-0.4, -0.2) is 12.7 Å². The van der Waals surface area contributed by atoms with E-state index >= 15 is 0 Å². The number of nitrogens with one attached hydrogen (secondary N) is 1. The van der Waals surface area contributed by atoms with Crippen molar-refractivity contribution in [3.05, 3.63) is 33.8 Å². The summed E-state index contributed by atoms with van der Waals surface area (Å²) in [5, 5.41) is 1.05. The van der Waals surface area contributed by atoms with Crippen LogP contribution in [0.3, 0.4) is 0 Å². The van der Waals surface area contributed by atoms with Crippen molar-refractivity contribution >= 4 is 23.2 Å². The van der Waals surface area contributed by atoms with Gasteiger partial charge in [0.15, 0.2) is 0 Å². The Morgan fingerprint density at radius 3 is 2.59 bits per heavy atom. The van der Waals surface area contributed by atoms with E-state index in [1.165, 1.54) is 0 Å². The van der Waals surface area contributed by atoms with Crippen molar-refractivity contribution in [3.8, 4) is 0 Å². The van der Waals surface area contributed by atoms with Gasteiger partial charge < -0.3 is 4.74 Å². The van der Waals surface area contributed by atoms with Gasteiger partial charge in [0, 0.05) is 6.61 Å². The zero-order valence-corrected chi connectivity index (χ0v) is 11.6. The third kappa shape index (κ3) is 3.57. The number of hydrogen-bond donors (Lipinski definition) is 2. The average molecular weight is 277 g/mol. The Hall–Kier alpha value is -0.320. The molecule has 0 saturated carbocycles. The molecule has 0 fully saturated rings. The van der Waals surface area contributed by atoms with Crippen molar-refractivity contribution in [1.82, 2.24) is 5.43 Å². The highest BCUT2D eigenvalue weighted by molar-refractivity contribution is 6.42. The SMILES string of the molecule is CCOC(CC)C(NN)c1cccc(Cl)c1Cl. The molecule has 2 atom stereocenters. The fourth-order valence-electron chi connectivity index (χ4n) is 1.82. The van der Waals surface area contributed by atoms with Crippen LogP contribution in [-0.2, 0) is 4.74 Å². The highest BCUT2D eigenvalue weighted by atomic mass is 35.5. The third-order valence-corrected chi connectivity index (χ3v) is 3.48. The number of nitrogens with two attached hydrogens (primary N) is 1. The molecule has 0 aliphatic rings. The maximum atomic E-state index is 6.18. The number of rotatable bonds is 6. The molecule has 17 heavy (non-hydrogen) atoms. The van der Waals surface area contributed by atoms with E-state index in [0.29, 0.717) is 16.7 Å². The predicted molar refractivity (Wildman–Crippen MR) is 72.2 cm³/mol. The fraction of sp³-hybridized carbons (Fsp3) is 0.500. The van der Waals surface area contributed by atoms with E-state index in [0.717, 1.165) is 12.0 Å². The molecule has 5 heteroatoms. The highest BCUT2D eigenvalue weighted by Gasteiger charge is 2.23. The van der Waals surface area contributed by atoms with E-state index in [9.17, 15) is 0 Å². The largest absolute Gasteiger partial charge is 0.376 e. The summed E-state index contributed by atoms with van der Waals surface area (Å²) in [6, 6.07) is 5.35. The van der Waals surface area contributed by atoms with Crippen molar-refractivity contribution in [2.75, 3.05) is 6.61 Å². The van der Waals surface area contributed by atoms with Gasteiger partial charge in [-0.3, -0.25) is 11.3 Å². The second-order valence-corrected chi connectivity index (χ2v) is 4.47. The van der Waals surface area contributed by atoms with Gasteiger partial charge in [0.25, 0.3) is 0 Å². The molecule has 0 aromatic heterocycles. The molecule has 1 aromatic carbocycles. The van der Waals surface area contributed by atoms with Crippen molar-refractivity contribution in [3.63, 3.8) is 0 Å². The lowest BCUT2D eigenvalue weighted by Crippen LogP contribution is -2.38. The Morgan fingerprint density at radius 1 is 1.35 bits per heavy atom. The molecule has 0 aliphatic carbocycles. The number of benzene rings is 1. The molecule has 3 N–H and O–H groups in total. The second-order valence-electron chi connectivity index (χ2n) is 3.69. The molecular weight excluding hydrogens is 259 g/mol. The molecular formula is C12H18Cl2N2O. The van der Waals surface area contributed by atoms with Crippen molar-refractivity contribution in [2.45, 2.75) is 32.4 Å². The monoisotopic (exact) mass is 276 g/mol. The molecule has 3 nitrogen and oxygen atoms in total. The summed E-state index contributed by atoms with van der Waals surface area (Å²) in [6.07, 6.45) is 0.812. The van der Waals surface area contributed by atoms with Crippen molar-refractivity contribution in [1.29, 1.82) is 0 Å². The first-order valence-corrected chi connectivity index (χ1v) is 6.42. The predicted octanol–water partition coefficient (Wildman–Crippen LogP) is 3.31. The summed E-state index contributed by atoms with van der Waals surface area (Å²) in [5.41, 5.74) is 3.62. The van der Waals surface area contributed by atoms with Crippen LogP contribution < -0.4 is 11.3 Å². The molecule has 0 amide bonds. The molecule has 96 valence electrons. The lowest BCUT2D eigenvalue weighted by Gasteiger charge is -2.26. The number of ether oxygens (including phenoxy) is 1. The smallest absolute Gasteiger partial charge is 0.0780 e. The van der Waals surface area contributed by atoms with Gasteiger partial charge in [-0.1, -0.05) is 42.3 Å². The van der Waals surface area contributed by atoms with Crippen LogP contribution in [0.25, 0.3) is 0 Å². The first-order valence-electron chi connectivity index (χ1n) is 5.67. The molecule has 2 unspecified atom stereocenters. The van der Waals surface area contributed by atoms with Gasteiger partial charge in [-0.2, -0.15) is 0 Å². The Labute approximate surface area is 112 Å². The van der Waals surface area contributed by atoms with Crippen LogP contribution in [0, 0.1) is 0 Å². The van der Waals surface area contributed by atoms with Crippen molar-refractivity contribution < 1.29 is 4.74 Å². The minimum atomic E-state index is -0.161. The molecule has 0 aliphatic heterocycles. The Balaban J connectivity index is 3.03. The van der Waals surface area contributed by atoms with Gasteiger partial charge in [0.2, 0.25) is 0 Å². The van der Waals surface area contributed by atoms with E-state index < -0.39 is 0 Å². The lowest BCUT2D eigenvalue weighted by atomic mass is 10.00. The van der Waals surface area contributed by atoms with Gasteiger partial charge in [-0.15, -0.1) is 0 Å². The average Bonchev–Trinajstić information content (AvgIpc) is 2.34. The Bertz CT molecular complexity index is 360. The van der Waals surface area contributed by atoms with E-state index in [-0.39, 0.29) is 12.1 Å². The molecule has 0 saturated heterocycles. The minimum absolute atomic E-state index is 0.0269. The highest BCUT2D eigenvalue weighted by Crippen LogP contribution is 2.32. The van der Waals surface area contributed by atoms with Gasteiger partial charge in [-0.05, 0) is 25.0 Å². The van der Waals surface area contributed by atoms with E-state index in [4.69, 9.17) is 33.8 Å². The van der Waals surface area contributed by atoms with Crippen LogP contribution in [0.1, 0.15) is 31.9 Å². The zero-order valence-electron chi connectivity index (χ0n) is 10.0. The summed E-state index contributed by atoms with van der Waals surface area (Å²) in [4.78, 5) is 0. The Kier molecular flexibility index (Phi) is 6.23. The number of hydrogen-bond acceptors (Lipinski definition) is 3. The first-order chi connectivity index (χ1) is 8.15. The standard InChI is InChI=1S/C12H18Cl2N2O/c1-3-10(17-4-2)12(16-15)8-6-5-7-9(13)11(8)14/h5-7,10,12,16H,3-4,15H2,1-2H3. The summed E-state index contributed by atoms with van der Waals surface area (Å²) in [6.45, 7) is 4.63. The molecule has 1 rings (SSSR count). The minimum Gasteiger partial charge on any atom is -0.376 e. The normalized spacial score (nSPS) is 14.6. The van der Waals surface area contributed by atoms with Crippen molar-refractivity contribution in [2.24, 2.45) is 5.84 Å². The van der Waals surface area contributed by atoms with Crippen LogP contribution in [0.5, 0.6) is 0 Å². The molecule has 1 aromatic rings. The topological polar surface area (TPSA) is 47.3 Å². The van der Waals surface area contributed by atoms with Crippen LogP contribution >= 0.6 is 23.2 Å². The van der Waals surface area contributed by atoms with Crippen LogP contribution in [0.2, 0.25) is 10.0 Å². The molecule has 0 bridgehead atoms. The quantitative estimate of drug-likeness (QED) is 0.619. The van der Waals surface area contributed by atoms with E-state index in [1.54, 1.807) is 6.07 Å². The van der Waals surface area contributed by atoms with Gasteiger partial charge in [-0.25, -0.2) is 0 Å². The number of halogens is 2. The Morgan fingerprint density at radius 2 is 2.06 bits per heavy atom. The fourth-order valence-corrected chi connectivity index (χ4v) is 2.25. The molecule has 0 spiro atoms. The maximum Gasteiger partial charge on any atom is 0.0780 e. The molecule has 0 radical (unpaired) electrons. The van der Waals surface area contributed by atoms with Crippen LogP contribution in [0.4, 0.5) is 0 Å². The van der Waals surface area contributed by atoms with Gasteiger partial charge in [0.05, 0.1) is 22.2 Å². The van der Waals surface area contributed by atoms with Gasteiger partial charge in [0.1, 0.15) is 0 Å². The van der Waals surface area contributed by atoms with Gasteiger partial charge >= 0.3 is 0 Å². The zero-order chi connectivity index (χ0) is 12.8. The molecule has 0 heterocycles. The maximum absolute atomic E-state index is 6.18. The van der Waals surface area contributed by atoms with E-state index in [2.05, 4.69) is 5.43 Å². The second kappa shape index (κ2) is 7.19. The third-order valence-electron chi connectivity index (χ3n) is 2.65. The number of hydrazine groups is 1. The van der Waals surface area contributed by atoms with E-state index in [1.807, 2.05) is 26.0 Å². The summed E-state index contributed by atoms with van der Waals surface area (Å²) in [7, 11) is 0.